The number of aromatic nitrogens is 3. The third kappa shape index (κ3) is 5.05. The fourth-order valence-corrected chi connectivity index (χ4v) is 6.06. The number of hydrogen-bond donors (Lipinski definition) is 2. The van der Waals surface area contributed by atoms with E-state index in [0.29, 0.717) is 17.1 Å². The molecular weight excluding hydrogens is 454 g/mol. The van der Waals surface area contributed by atoms with Gasteiger partial charge < -0.3 is 20.9 Å². The van der Waals surface area contributed by atoms with Gasteiger partial charge in [0, 0.05) is 67.4 Å². The predicted molar refractivity (Wildman–Crippen MR) is 149 cm³/mol. The van der Waals surface area contributed by atoms with E-state index in [9.17, 15) is 0 Å². The molecule has 35 heavy (non-hydrogen) atoms. The summed E-state index contributed by atoms with van der Waals surface area (Å²) >= 11 is 1.89. The van der Waals surface area contributed by atoms with Gasteiger partial charge in [0.05, 0.1) is 0 Å². The SMILES string of the molecule is CSC(CN)C1CN(c2ccc(C(C)C)c3cc(Nc4ccnc(N5CCCCC5)n4)ncc23)C1. The molecule has 2 fully saturated rings. The Bertz CT molecular complexity index is 1150. The van der Waals surface area contributed by atoms with Gasteiger partial charge in [0.25, 0.3) is 0 Å². The first-order valence-electron chi connectivity index (χ1n) is 12.8. The van der Waals surface area contributed by atoms with E-state index in [4.69, 9.17) is 15.7 Å². The van der Waals surface area contributed by atoms with Crippen molar-refractivity contribution in [2.24, 2.45) is 11.7 Å². The molecule has 1 unspecified atom stereocenters. The maximum absolute atomic E-state index is 5.99. The third-order valence-corrected chi connectivity index (χ3v) is 8.57. The summed E-state index contributed by atoms with van der Waals surface area (Å²) in [6.45, 7) is 9.41. The van der Waals surface area contributed by atoms with Crippen LogP contribution in [0.3, 0.4) is 0 Å². The van der Waals surface area contributed by atoms with Crippen LogP contribution < -0.4 is 20.9 Å². The van der Waals surface area contributed by atoms with Crippen LogP contribution in [-0.4, -0.2) is 59.2 Å². The minimum Gasteiger partial charge on any atom is -0.370 e. The van der Waals surface area contributed by atoms with E-state index >= 15 is 0 Å². The summed E-state index contributed by atoms with van der Waals surface area (Å²) in [4.78, 5) is 18.8. The Morgan fingerprint density at radius 2 is 1.83 bits per heavy atom. The van der Waals surface area contributed by atoms with Gasteiger partial charge in [-0.1, -0.05) is 19.9 Å². The summed E-state index contributed by atoms with van der Waals surface area (Å²) < 4.78 is 0. The summed E-state index contributed by atoms with van der Waals surface area (Å²) in [5.41, 5.74) is 8.59. The van der Waals surface area contributed by atoms with Crippen molar-refractivity contribution < 1.29 is 0 Å². The molecule has 2 aliphatic heterocycles. The van der Waals surface area contributed by atoms with Crippen LogP contribution in [0.5, 0.6) is 0 Å². The number of rotatable bonds is 8. The molecule has 0 spiro atoms. The predicted octanol–water partition coefficient (Wildman–Crippen LogP) is 5.01. The molecule has 0 aliphatic carbocycles. The number of fused-ring (bicyclic) bond motifs is 1. The Balaban J connectivity index is 1.41. The van der Waals surface area contributed by atoms with Gasteiger partial charge in [-0.2, -0.15) is 16.7 Å². The average molecular weight is 492 g/mol. The molecule has 0 amide bonds. The minimum atomic E-state index is 0.425. The van der Waals surface area contributed by atoms with Crippen molar-refractivity contribution in [2.45, 2.75) is 44.3 Å². The molecule has 2 aromatic heterocycles. The zero-order valence-corrected chi connectivity index (χ0v) is 21.9. The van der Waals surface area contributed by atoms with Crippen LogP contribution in [0.15, 0.2) is 36.7 Å². The molecule has 3 aromatic rings. The Morgan fingerprint density at radius 1 is 1.03 bits per heavy atom. The van der Waals surface area contributed by atoms with E-state index in [1.807, 2.05) is 30.2 Å². The lowest BCUT2D eigenvalue weighted by Gasteiger charge is -2.44. The molecule has 1 atom stereocenters. The van der Waals surface area contributed by atoms with Crippen molar-refractivity contribution in [2.75, 3.05) is 54.1 Å². The summed E-state index contributed by atoms with van der Waals surface area (Å²) in [7, 11) is 0. The van der Waals surface area contributed by atoms with Gasteiger partial charge in [0.2, 0.25) is 5.95 Å². The molecule has 7 nitrogen and oxygen atoms in total. The smallest absolute Gasteiger partial charge is 0.227 e. The molecule has 0 bridgehead atoms. The number of benzene rings is 1. The monoisotopic (exact) mass is 491 g/mol. The lowest BCUT2D eigenvalue weighted by molar-refractivity contribution is 0.400. The van der Waals surface area contributed by atoms with E-state index in [0.717, 1.165) is 50.3 Å². The number of nitrogens with two attached hydrogens (primary N) is 1. The van der Waals surface area contributed by atoms with Crippen LogP contribution in [0.4, 0.5) is 23.3 Å². The number of anilines is 4. The number of hydrogen-bond acceptors (Lipinski definition) is 8. The summed E-state index contributed by atoms with van der Waals surface area (Å²) in [6, 6.07) is 8.65. The van der Waals surface area contributed by atoms with Crippen molar-refractivity contribution in [3.8, 4) is 0 Å². The first-order valence-corrected chi connectivity index (χ1v) is 14.1. The summed E-state index contributed by atoms with van der Waals surface area (Å²) in [5.74, 6) is 3.47. The van der Waals surface area contributed by atoms with Crippen LogP contribution in [0.1, 0.15) is 44.6 Å². The largest absolute Gasteiger partial charge is 0.370 e. The van der Waals surface area contributed by atoms with Crippen LogP contribution >= 0.6 is 11.8 Å². The fraction of sp³-hybridized carbons (Fsp3) is 0.519. The Kier molecular flexibility index (Phi) is 7.29. The molecule has 1 aromatic carbocycles. The van der Waals surface area contributed by atoms with Crippen molar-refractivity contribution >= 4 is 45.8 Å². The molecule has 3 N–H and O–H groups in total. The molecule has 2 aliphatic rings. The second-order valence-electron chi connectivity index (χ2n) is 10.0. The van der Waals surface area contributed by atoms with E-state index in [2.05, 4.69) is 58.4 Å². The average Bonchev–Trinajstić information content (AvgIpc) is 2.86. The summed E-state index contributed by atoms with van der Waals surface area (Å²) in [6.07, 6.45) is 9.72. The highest BCUT2D eigenvalue weighted by Gasteiger charge is 2.33. The molecule has 0 saturated carbocycles. The standard InChI is InChI=1S/C27H37N7S/c1-18(2)20-7-8-23(34-16-19(17-34)24(14-28)35-3)22-15-30-26(13-21(20)22)31-25-9-10-29-27(32-25)33-11-5-4-6-12-33/h7-10,13,15,18-19,24H,4-6,11-12,14,16-17,28H2,1-3H3,(H,29,30,31,32). The Labute approximate surface area is 212 Å². The Hall–Kier alpha value is -2.58. The summed E-state index contributed by atoms with van der Waals surface area (Å²) in [5, 5.41) is 6.43. The van der Waals surface area contributed by atoms with Gasteiger partial charge in [-0.15, -0.1) is 0 Å². The van der Waals surface area contributed by atoms with Crippen molar-refractivity contribution in [1.82, 2.24) is 15.0 Å². The molecule has 4 heterocycles. The van der Waals surface area contributed by atoms with Gasteiger partial charge in [-0.25, -0.2) is 9.97 Å². The van der Waals surface area contributed by atoms with E-state index in [1.54, 1.807) is 0 Å². The highest BCUT2D eigenvalue weighted by Crippen LogP contribution is 2.38. The number of nitrogens with zero attached hydrogens (tertiary/aromatic N) is 5. The quantitative estimate of drug-likeness (QED) is 0.455. The van der Waals surface area contributed by atoms with E-state index in [1.165, 1.54) is 41.3 Å². The van der Waals surface area contributed by atoms with Gasteiger partial charge in [-0.05, 0) is 60.6 Å². The molecule has 8 heteroatoms. The van der Waals surface area contributed by atoms with Crippen molar-refractivity contribution in [1.29, 1.82) is 0 Å². The second-order valence-corrected chi connectivity index (χ2v) is 11.1. The normalized spacial score (nSPS) is 17.6. The van der Waals surface area contributed by atoms with Gasteiger partial charge in [0.1, 0.15) is 11.6 Å². The number of thioether (sulfide) groups is 1. The molecular formula is C27H37N7S. The van der Waals surface area contributed by atoms with Crippen LogP contribution in [0.25, 0.3) is 10.8 Å². The fourth-order valence-electron chi connectivity index (χ4n) is 5.32. The maximum atomic E-state index is 5.99. The lowest BCUT2D eigenvalue weighted by Crippen LogP contribution is -2.52. The number of nitrogens with one attached hydrogen (secondary N) is 1. The van der Waals surface area contributed by atoms with Crippen molar-refractivity contribution in [3.63, 3.8) is 0 Å². The van der Waals surface area contributed by atoms with Crippen molar-refractivity contribution in [3.05, 3.63) is 42.2 Å². The Morgan fingerprint density at radius 3 is 2.54 bits per heavy atom. The van der Waals surface area contributed by atoms with Gasteiger partial charge >= 0.3 is 0 Å². The maximum Gasteiger partial charge on any atom is 0.227 e. The molecule has 0 radical (unpaired) electrons. The molecule has 2 saturated heterocycles. The molecule has 186 valence electrons. The van der Waals surface area contributed by atoms with Crippen LogP contribution in [0, 0.1) is 5.92 Å². The van der Waals surface area contributed by atoms with Gasteiger partial charge in [0.15, 0.2) is 0 Å². The highest BCUT2D eigenvalue weighted by molar-refractivity contribution is 7.99. The van der Waals surface area contributed by atoms with E-state index < -0.39 is 0 Å². The molecule has 5 rings (SSSR count). The lowest BCUT2D eigenvalue weighted by atomic mass is 9.91. The number of piperidine rings is 1. The topological polar surface area (TPSA) is 83.2 Å². The minimum absolute atomic E-state index is 0.425. The van der Waals surface area contributed by atoms with Gasteiger partial charge in [-0.3, -0.25) is 0 Å². The second kappa shape index (κ2) is 10.6. The third-order valence-electron chi connectivity index (χ3n) is 7.38. The van der Waals surface area contributed by atoms with E-state index in [-0.39, 0.29) is 0 Å². The highest BCUT2D eigenvalue weighted by atomic mass is 32.2. The first-order chi connectivity index (χ1) is 17.1. The zero-order chi connectivity index (χ0) is 24.4. The van der Waals surface area contributed by atoms with Crippen LogP contribution in [-0.2, 0) is 0 Å². The zero-order valence-electron chi connectivity index (χ0n) is 21.1. The first kappa shape index (κ1) is 24.1. The number of pyridine rings is 1. The van der Waals surface area contributed by atoms with Crippen LogP contribution in [0.2, 0.25) is 0 Å².